The van der Waals surface area contributed by atoms with Gasteiger partial charge >= 0.3 is 0 Å². The maximum atomic E-state index is 13.1. The number of hydrogen-bond acceptors (Lipinski definition) is 4. The first-order valence-corrected chi connectivity index (χ1v) is 9.91. The minimum atomic E-state index is -3.65. The Morgan fingerprint density at radius 1 is 0.840 bits per heavy atom. The van der Waals surface area contributed by atoms with E-state index in [1.54, 1.807) is 42.7 Å². The van der Waals surface area contributed by atoms with Crippen molar-refractivity contribution in [3.05, 3.63) is 85.2 Å². The lowest BCUT2D eigenvalue weighted by molar-refractivity contribution is 0.589. The van der Waals surface area contributed by atoms with E-state index in [0.717, 1.165) is 15.3 Å². The molecule has 25 heavy (non-hydrogen) atoms. The molecule has 4 aromatic rings. The summed E-state index contributed by atoms with van der Waals surface area (Å²) in [6.07, 6.45) is 3.40. The third kappa shape index (κ3) is 2.94. The van der Waals surface area contributed by atoms with Crippen LogP contribution in [0.5, 0.6) is 0 Å². The van der Waals surface area contributed by atoms with Crippen molar-refractivity contribution < 1.29 is 8.42 Å². The molecule has 0 saturated carbocycles. The number of pyridine rings is 1. The molecule has 0 atom stereocenters. The normalized spacial score (nSPS) is 11.7. The van der Waals surface area contributed by atoms with Crippen molar-refractivity contribution in [3.63, 3.8) is 0 Å². The highest BCUT2D eigenvalue weighted by atomic mass is 32.2. The minimum Gasteiger partial charge on any atom is -0.250 e. The first-order chi connectivity index (χ1) is 12.2. The van der Waals surface area contributed by atoms with Crippen LogP contribution in [0.4, 0.5) is 0 Å². The second-order valence-corrected chi connectivity index (χ2v) is 8.27. The van der Waals surface area contributed by atoms with Crippen molar-refractivity contribution in [1.29, 1.82) is 0 Å². The maximum absolute atomic E-state index is 13.1. The molecule has 0 N–H and O–H groups in total. The van der Waals surface area contributed by atoms with Crippen LogP contribution in [0.15, 0.2) is 100 Å². The fourth-order valence-electron chi connectivity index (χ4n) is 2.63. The van der Waals surface area contributed by atoms with E-state index in [0.29, 0.717) is 5.52 Å². The summed E-state index contributed by atoms with van der Waals surface area (Å²) in [6.45, 7) is 0. The van der Waals surface area contributed by atoms with Gasteiger partial charge in [-0.1, -0.05) is 54.2 Å². The molecule has 2 aromatic heterocycles. The van der Waals surface area contributed by atoms with Gasteiger partial charge in [0.2, 0.25) is 0 Å². The molecule has 0 unspecified atom stereocenters. The molecular formula is C19H14N2O2S2. The number of para-hydroxylation sites is 1. The maximum Gasteiger partial charge on any atom is 0.268 e. The molecule has 0 amide bonds. The molecule has 124 valence electrons. The van der Waals surface area contributed by atoms with Gasteiger partial charge in [0.25, 0.3) is 10.0 Å². The largest absolute Gasteiger partial charge is 0.268 e. The number of rotatable bonds is 4. The lowest BCUT2D eigenvalue weighted by atomic mass is 10.2. The Morgan fingerprint density at radius 2 is 1.56 bits per heavy atom. The van der Waals surface area contributed by atoms with Crippen LogP contribution in [0.1, 0.15) is 0 Å². The van der Waals surface area contributed by atoms with Crippen molar-refractivity contribution in [3.8, 4) is 0 Å². The smallest absolute Gasteiger partial charge is 0.250 e. The van der Waals surface area contributed by atoms with Crippen LogP contribution in [-0.4, -0.2) is 17.4 Å². The molecule has 2 heterocycles. The Bertz CT molecular complexity index is 1120. The Balaban J connectivity index is 1.89. The van der Waals surface area contributed by atoms with Gasteiger partial charge in [-0.25, -0.2) is 17.4 Å². The zero-order valence-corrected chi connectivity index (χ0v) is 14.7. The minimum absolute atomic E-state index is 0.269. The second kappa shape index (κ2) is 6.38. The second-order valence-electron chi connectivity index (χ2n) is 5.39. The molecule has 0 aliphatic heterocycles. The molecule has 2 aromatic carbocycles. The van der Waals surface area contributed by atoms with E-state index in [1.165, 1.54) is 15.7 Å². The van der Waals surface area contributed by atoms with Gasteiger partial charge in [0.15, 0.2) is 0 Å². The van der Waals surface area contributed by atoms with Crippen LogP contribution >= 0.6 is 11.8 Å². The van der Waals surface area contributed by atoms with Gasteiger partial charge in [-0.05, 0) is 30.3 Å². The third-order valence-electron chi connectivity index (χ3n) is 3.79. The summed E-state index contributed by atoms with van der Waals surface area (Å²) in [4.78, 5) is 5.44. The number of aromatic nitrogens is 2. The molecule has 4 rings (SSSR count). The highest BCUT2D eigenvalue weighted by molar-refractivity contribution is 7.99. The van der Waals surface area contributed by atoms with Gasteiger partial charge in [0.05, 0.1) is 10.4 Å². The van der Waals surface area contributed by atoms with E-state index >= 15 is 0 Å². The van der Waals surface area contributed by atoms with Gasteiger partial charge in [0, 0.05) is 22.7 Å². The summed E-state index contributed by atoms with van der Waals surface area (Å²) in [5.41, 5.74) is 0.657. The van der Waals surface area contributed by atoms with E-state index in [9.17, 15) is 8.42 Å². The molecule has 0 saturated heterocycles. The molecule has 0 bridgehead atoms. The molecule has 6 heteroatoms. The average Bonchev–Trinajstić information content (AvgIpc) is 3.03. The van der Waals surface area contributed by atoms with Gasteiger partial charge in [-0.3, -0.25) is 0 Å². The van der Waals surface area contributed by atoms with Gasteiger partial charge < -0.3 is 0 Å². The van der Waals surface area contributed by atoms with Crippen LogP contribution in [0.2, 0.25) is 0 Å². The van der Waals surface area contributed by atoms with Crippen LogP contribution in [0.25, 0.3) is 10.9 Å². The molecule has 0 radical (unpaired) electrons. The molecule has 0 aliphatic carbocycles. The SMILES string of the molecule is O=S(=O)(c1ccccc1)n1cc(Sc2ccccn2)c2ccccc21. The Hall–Kier alpha value is -2.57. The van der Waals surface area contributed by atoms with Crippen molar-refractivity contribution in [2.75, 3.05) is 0 Å². The van der Waals surface area contributed by atoms with Crippen LogP contribution < -0.4 is 0 Å². The van der Waals surface area contributed by atoms with E-state index in [4.69, 9.17) is 0 Å². The van der Waals surface area contributed by atoms with E-state index in [1.807, 2.05) is 42.5 Å². The molecule has 4 nitrogen and oxygen atoms in total. The molecular weight excluding hydrogens is 352 g/mol. The van der Waals surface area contributed by atoms with Crippen molar-refractivity contribution in [1.82, 2.24) is 8.96 Å². The first-order valence-electron chi connectivity index (χ1n) is 7.66. The molecule has 0 spiro atoms. The Labute approximate surface area is 150 Å². The van der Waals surface area contributed by atoms with Crippen LogP contribution in [0, 0.1) is 0 Å². The highest BCUT2D eigenvalue weighted by Crippen LogP contribution is 2.35. The van der Waals surface area contributed by atoms with Gasteiger partial charge in [-0.15, -0.1) is 0 Å². The summed E-state index contributed by atoms with van der Waals surface area (Å²) < 4.78 is 27.5. The number of nitrogens with zero attached hydrogens (tertiary/aromatic N) is 2. The average molecular weight is 366 g/mol. The molecule has 0 aliphatic rings. The van der Waals surface area contributed by atoms with E-state index in [-0.39, 0.29) is 4.90 Å². The third-order valence-corrected chi connectivity index (χ3v) is 6.48. The Morgan fingerprint density at radius 3 is 2.32 bits per heavy atom. The van der Waals surface area contributed by atoms with E-state index in [2.05, 4.69) is 4.98 Å². The lowest BCUT2D eigenvalue weighted by Crippen LogP contribution is -2.11. The standard InChI is InChI=1S/C19H14N2O2S2/c22-25(23,15-8-2-1-3-9-15)21-14-18(16-10-4-5-11-17(16)21)24-19-12-6-7-13-20-19/h1-14H. The summed E-state index contributed by atoms with van der Waals surface area (Å²) in [5, 5.41) is 1.71. The van der Waals surface area contributed by atoms with Crippen molar-refractivity contribution in [2.45, 2.75) is 14.8 Å². The van der Waals surface area contributed by atoms with Crippen molar-refractivity contribution in [2.24, 2.45) is 0 Å². The zero-order chi connectivity index (χ0) is 17.3. The predicted molar refractivity (Wildman–Crippen MR) is 99.3 cm³/mol. The van der Waals surface area contributed by atoms with Crippen LogP contribution in [-0.2, 0) is 10.0 Å². The van der Waals surface area contributed by atoms with Crippen LogP contribution in [0.3, 0.4) is 0 Å². The fraction of sp³-hybridized carbons (Fsp3) is 0. The number of fused-ring (bicyclic) bond motifs is 1. The van der Waals surface area contributed by atoms with Crippen molar-refractivity contribution >= 4 is 32.7 Å². The summed E-state index contributed by atoms with van der Waals surface area (Å²) in [5.74, 6) is 0. The Kier molecular flexibility index (Phi) is 4.07. The first kappa shape index (κ1) is 15.9. The predicted octanol–water partition coefficient (Wildman–Crippen LogP) is 4.42. The summed E-state index contributed by atoms with van der Waals surface area (Å²) >= 11 is 1.45. The highest BCUT2D eigenvalue weighted by Gasteiger charge is 2.21. The topological polar surface area (TPSA) is 52.0 Å². The lowest BCUT2D eigenvalue weighted by Gasteiger charge is -2.07. The quantitative estimate of drug-likeness (QED) is 0.536. The fourth-order valence-corrected chi connectivity index (χ4v) is 5.01. The number of hydrogen-bond donors (Lipinski definition) is 0. The molecule has 0 fully saturated rings. The number of benzene rings is 2. The van der Waals surface area contributed by atoms with E-state index < -0.39 is 10.0 Å². The summed E-state index contributed by atoms with van der Waals surface area (Å²) in [6, 6.07) is 21.6. The van der Waals surface area contributed by atoms with Gasteiger partial charge in [0.1, 0.15) is 5.03 Å². The summed E-state index contributed by atoms with van der Waals surface area (Å²) in [7, 11) is -3.65. The van der Waals surface area contributed by atoms with Gasteiger partial charge in [-0.2, -0.15) is 0 Å². The zero-order valence-electron chi connectivity index (χ0n) is 13.1. The monoisotopic (exact) mass is 366 g/mol.